The number of nitrogens with zero attached hydrogens (tertiary/aromatic N) is 6. The smallest absolute Gasteiger partial charge is 0.0741 e. The van der Waals surface area contributed by atoms with Gasteiger partial charge in [0.05, 0.1) is 45.8 Å². The second-order valence-corrected chi connectivity index (χ2v) is 15.9. The molecule has 0 radical (unpaired) electrons. The van der Waals surface area contributed by atoms with Crippen LogP contribution in [0.5, 0.6) is 0 Å². The first kappa shape index (κ1) is 35.7. The van der Waals surface area contributed by atoms with Gasteiger partial charge in [0.15, 0.2) is 0 Å². The molecule has 0 aliphatic carbocycles. The van der Waals surface area contributed by atoms with Gasteiger partial charge >= 0.3 is 0 Å². The summed E-state index contributed by atoms with van der Waals surface area (Å²) in [5.74, 6) is 0. The van der Waals surface area contributed by atoms with E-state index in [-0.39, 0.29) is 0 Å². The van der Waals surface area contributed by atoms with Crippen molar-refractivity contribution in [3.8, 4) is 45.0 Å². The molecule has 0 unspecified atom stereocenters. The third-order valence-electron chi connectivity index (χ3n) is 12.0. The molecule has 4 aromatic heterocycles. The highest BCUT2D eigenvalue weighted by atomic mass is 15.3. The fraction of sp³-hybridized carbons (Fsp3) is 0.111. The van der Waals surface area contributed by atoms with Crippen LogP contribution in [-0.2, 0) is 12.8 Å². The van der Waals surface area contributed by atoms with Gasteiger partial charge in [-0.2, -0.15) is 10.2 Å². The maximum absolute atomic E-state index is 4.92. The molecule has 290 valence electrons. The Morgan fingerprint density at radius 2 is 0.767 bits per heavy atom. The second-order valence-electron chi connectivity index (χ2n) is 15.9. The lowest BCUT2D eigenvalue weighted by Crippen LogP contribution is -2.04. The number of hydrogen-bond donors (Lipinski definition) is 0. The molecule has 11 aromatic rings. The van der Waals surface area contributed by atoms with E-state index in [9.17, 15) is 0 Å². The maximum Gasteiger partial charge on any atom is 0.0741 e. The summed E-state index contributed by atoms with van der Waals surface area (Å²) in [6.07, 6.45) is 12.3. The first-order valence-electron chi connectivity index (χ1n) is 21.1. The van der Waals surface area contributed by atoms with Crippen LogP contribution in [0.2, 0.25) is 0 Å². The molecule has 7 aromatic carbocycles. The van der Waals surface area contributed by atoms with E-state index < -0.39 is 0 Å². The number of rotatable bonds is 10. The van der Waals surface area contributed by atoms with Crippen LogP contribution < -0.4 is 0 Å². The van der Waals surface area contributed by atoms with Gasteiger partial charge in [0.25, 0.3) is 0 Å². The van der Waals surface area contributed by atoms with Gasteiger partial charge in [0.2, 0.25) is 0 Å². The van der Waals surface area contributed by atoms with E-state index in [1.807, 2.05) is 12.4 Å². The van der Waals surface area contributed by atoms with E-state index in [1.165, 1.54) is 49.6 Å². The lowest BCUT2D eigenvalue weighted by molar-refractivity contribution is 0.885. The Morgan fingerprint density at radius 1 is 0.383 bits per heavy atom. The van der Waals surface area contributed by atoms with Gasteiger partial charge in [-0.1, -0.05) is 112 Å². The Balaban J connectivity index is 1.14. The zero-order valence-electron chi connectivity index (χ0n) is 33.8. The molecule has 6 nitrogen and oxygen atoms in total. The average molecular weight is 777 g/mol. The molecular formula is C54H44N6. The third-order valence-corrected chi connectivity index (χ3v) is 12.0. The molecule has 0 amide bonds. The van der Waals surface area contributed by atoms with Crippen LogP contribution >= 0.6 is 0 Å². The number of hydrogen-bond acceptors (Lipinski definition) is 2. The van der Waals surface area contributed by atoms with Crippen molar-refractivity contribution in [3.05, 3.63) is 194 Å². The lowest BCUT2D eigenvalue weighted by atomic mass is 9.87. The molecule has 0 aliphatic heterocycles. The van der Waals surface area contributed by atoms with Crippen molar-refractivity contribution in [2.75, 3.05) is 0 Å². The summed E-state index contributed by atoms with van der Waals surface area (Å²) in [4.78, 5) is 0. The molecule has 60 heavy (non-hydrogen) atoms. The van der Waals surface area contributed by atoms with Gasteiger partial charge in [-0.3, -0.25) is 0 Å². The molecule has 0 saturated heterocycles. The van der Waals surface area contributed by atoms with Gasteiger partial charge in [0, 0.05) is 34.5 Å². The lowest BCUT2D eigenvalue weighted by Gasteiger charge is -2.20. The van der Waals surface area contributed by atoms with E-state index >= 15 is 0 Å². The fourth-order valence-electron chi connectivity index (χ4n) is 9.17. The van der Waals surface area contributed by atoms with Gasteiger partial charge in [0.1, 0.15) is 0 Å². The Labute approximate surface area is 349 Å². The highest BCUT2D eigenvalue weighted by Crippen LogP contribution is 2.39. The summed E-state index contributed by atoms with van der Waals surface area (Å²) < 4.78 is 8.80. The normalized spacial score (nSPS) is 11.8. The minimum atomic E-state index is 0.945. The van der Waals surface area contributed by atoms with E-state index in [0.29, 0.717) is 0 Å². The number of benzene rings is 7. The summed E-state index contributed by atoms with van der Waals surface area (Å²) in [7, 11) is 0. The molecule has 4 heterocycles. The van der Waals surface area contributed by atoms with Crippen LogP contribution in [0.15, 0.2) is 183 Å². The Kier molecular flexibility index (Phi) is 8.77. The summed E-state index contributed by atoms with van der Waals surface area (Å²) in [6.45, 7) is 4.57. The SMILES string of the molecule is CCCc1cc(-c2cc(-n3ncc4ccccc43)cc(-n3ncc4ccccc43)c2)c(CCC)cc1-c1cc(-n2ccc3ccccc32)cc(-n2ccc3ccccc32)c1. The van der Waals surface area contributed by atoms with Gasteiger partial charge < -0.3 is 9.13 Å². The summed E-state index contributed by atoms with van der Waals surface area (Å²) in [6, 6.07) is 57.5. The molecule has 0 saturated carbocycles. The van der Waals surface area contributed by atoms with Crippen LogP contribution in [0.25, 0.3) is 88.6 Å². The van der Waals surface area contributed by atoms with Crippen molar-refractivity contribution in [1.29, 1.82) is 0 Å². The molecule has 0 spiro atoms. The predicted octanol–water partition coefficient (Wildman–Crippen LogP) is 13.5. The van der Waals surface area contributed by atoms with Crippen molar-refractivity contribution in [2.45, 2.75) is 39.5 Å². The molecule has 0 atom stereocenters. The van der Waals surface area contributed by atoms with E-state index in [1.54, 1.807) is 0 Å². The van der Waals surface area contributed by atoms with Crippen LogP contribution in [0, 0.1) is 0 Å². The monoisotopic (exact) mass is 776 g/mol. The Hall–Kier alpha value is -7.44. The largest absolute Gasteiger partial charge is 0.316 e. The van der Waals surface area contributed by atoms with Crippen molar-refractivity contribution < 1.29 is 0 Å². The van der Waals surface area contributed by atoms with Crippen molar-refractivity contribution >= 4 is 43.6 Å². The van der Waals surface area contributed by atoms with Crippen LogP contribution in [-0.4, -0.2) is 28.7 Å². The number of para-hydroxylation sites is 4. The standard InChI is InChI=1S/C54H44N6/c1-3-13-39-32-50(44-29-47(59-53-21-11-7-17-41(53)35-55-59)34-48(30-44)60-54-22-12-8-18-42(54)36-56-60)40(14-4-2)31-49(39)43-27-45(57-25-23-37-15-5-9-19-51(37)57)33-46(28-43)58-26-24-38-16-6-10-20-52(38)58/h5-12,15-36H,3-4,13-14H2,1-2H3. The highest BCUT2D eigenvalue weighted by molar-refractivity contribution is 5.87. The second kappa shape index (κ2) is 14.7. The van der Waals surface area contributed by atoms with Gasteiger partial charge in [-0.05, 0) is 130 Å². The Bertz CT molecular complexity index is 2960. The predicted molar refractivity (Wildman–Crippen MR) is 248 cm³/mol. The molecular weight excluding hydrogens is 733 g/mol. The van der Waals surface area contributed by atoms with Crippen LogP contribution in [0.4, 0.5) is 0 Å². The summed E-state index contributed by atoms with van der Waals surface area (Å²) >= 11 is 0. The molecule has 0 aliphatic rings. The first-order valence-corrected chi connectivity index (χ1v) is 21.1. The highest BCUT2D eigenvalue weighted by Gasteiger charge is 2.19. The molecule has 11 rings (SSSR count). The van der Waals surface area contributed by atoms with Crippen LogP contribution in [0.3, 0.4) is 0 Å². The average Bonchev–Trinajstić information content (AvgIpc) is 4.11. The van der Waals surface area contributed by atoms with Crippen LogP contribution in [0.1, 0.15) is 37.8 Å². The zero-order chi connectivity index (χ0) is 40.2. The first-order chi connectivity index (χ1) is 29.6. The van der Waals surface area contributed by atoms with Crippen molar-refractivity contribution in [3.63, 3.8) is 0 Å². The number of aromatic nitrogens is 6. The summed E-state index contributed by atoms with van der Waals surface area (Å²) in [5.41, 5.74) is 16.4. The Morgan fingerprint density at radius 3 is 1.22 bits per heavy atom. The van der Waals surface area contributed by atoms with Crippen molar-refractivity contribution in [1.82, 2.24) is 28.7 Å². The topological polar surface area (TPSA) is 45.5 Å². The van der Waals surface area contributed by atoms with E-state index in [4.69, 9.17) is 10.2 Å². The maximum atomic E-state index is 4.92. The van der Waals surface area contributed by atoms with E-state index in [2.05, 4.69) is 202 Å². The minimum Gasteiger partial charge on any atom is -0.316 e. The molecule has 0 N–H and O–H groups in total. The number of fused-ring (bicyclic) bond motifs is 4. The molecule has 0 bridgehead atoms. The minimum absolute atomic E-state index is 0.945. The molecule has 0 fully saturated rings. The third kappa shape index (κ3) is 6.11. The quantitative estimate of drug-likeness (QED) is 0.139. The van der Waals surface area contributed by atoms with E-state index in [0.717, 1.165) is 75.8 Å². The van der Waals surface area contributed by atoms with Gasteiger partial charge in [-0.15, -0.1) is 0 Å². The zero-order valence-corrected chi connectivity index (χ0v) is 33.8. The van der Waals surface area contributed by atoms with Gasteiger partial charge in [-0.25, -0.2) is 9.36 Å². The fourth-order valence-corrected chi connectivity index (χ4v) is 9.17. The van der Waals surface area contributed by atoms with Crippen molar-refractivity contribution in [2.24, 2.45) is 0 Å². The summed E-state index contributed by atoms with van der Waals surface area (Å²) in [5, 5.41) is 14.5. The number of aryl methyl sites for hydroxylation is 2. The molecule has 6 heteroatoms.